The lowest BCUT2D eigenvalue weighted by Crippen LogP contribution is -2.21. The molecule has 0 saturated heterocycles. The lowest BCUT2D eigenvalue weighted by molar-refractivity contribution is 0.0996. The maximum atomic E-state index is 11.7. The number of nitrogens with zero attached hydrogens (tertiary/aromatic N) is 1. The summed E-state index contributed by atoms with van der Waals surface area (Å²) in [7, 11) is 0. The molecule has 0 bridgehead atoms. The fraction of sp³-hybridized carbons (Fsp3) is 0.0588. The highest BCUT2D eigenvalue weighted by Crippen LogP contribution is 2.27. The van der Waals surface area contributed by atoms with Gasteiger partial charge < -0.3 is 10.2 Å². The topological polar surface area (TPSA) is 68.6 Å². The summed E-state index contributed by atoms with van der Waals surface area (Å²) in [5.74, 6) is -0.641. The van der Waals surface area contributed by atoms with Crippen LogP contribution in [-0.2, 0) is 0 Å². The lowest BCUT2D eigenvalue weighted by Gasteiger charge is -2.04. The Morgan fingerprint density at radius 1 is 1.17 bits per heavy atom. The van der Waals surface area contributed by atoms with Gasteiger partial charge in [-0.1, -0.05) is 35.3 Å². The first-order valence-electron chi connectivity index (χ1n) is 6.78. The predicted molar refractivity (Wildman–Crippen MR) is 91.2 cm³/mol. The van der Waals surface area contributed by atoms with E-state index >= 15 is 0 Å². The molecule has 4 nitrogen and oxygen atoms in total. The van der Waals surface area contributed by atoms with Crippen molar-refractivity contribution in [2.45, 2.75) is 6.92 Å². The number of hydrogen-bond donors (Lipinski definition) is 1. The standard InChI is InChI=1S/C17H12Cl2N2O2/c1-9-3-2-4-12(5-9)21-17-13(16(20)22)7-10-6-11(18)8-14(19)15(10)23-17/h2-8H,1H3,(H2,20,22). The van der Waals surface area contributed by atoms with E-state index in [2.05, 4.69) is 4.99 Å². The summed E-state index contributed by atoms with van der Waals surface area (Å²) in [6.07, 6.45) is 0. The van der Waals surface area contributed by atoms with E-state index < -0.39 is 5.91 Å². The van der Waals surface area contributed by atoms with Crippen LogP contribution in [0.25, 0.3) is 11.0 Å². The van der Waals surface area contributed by atoms with Crippen LogP contribution in [0.1, 0.15) is 15.9 Å². The van der Waals surface area contributed by atoms with Crippen LogP contribution in [0.2, 0.25) is 10.0 Å². The second kappa shape index (κ2) is 6.07. The minimum absolute atomic E-state index is 0.111. The number of amides is 1. The zero-order valence-electron chi connectivity index (χ0n) is 12.1. The Bertz CT molecular complexity index is 994. The second-order valence-corrected chi connectivity index (χ2v) is 5.93. The molecule has 0 spiro atoms. The van der Waals surface area contributed by atoms with Crippen LogP contribution in [0, 0.1) is 6.92 Å². The molecule has 0 aliphatic rings. The van der Waals surface area contributed by atoms with Gasteiger partial charge in [0.2, 0.25) is 5.55 Å². The van der Waals surface area contributed by atoms with Crippen LogP contribution in [0.3, 0.4) is 0 Å². The Hall–Kier alpha value is -2.30. The molecule has 2 aromatic carbocycles. The van der Waals surface area contributed by atoms with E-state index in [4.69, 9.17) is 33.4 Å². The van der Waals surface area contributed by atoms with Gasteiger partial charge in [0, 0.05) is 10.4 Å². The van der Waals surface area contributed by atoms with Gasteiger partial charge in [-0.3, -0.25) is 4.79 Å². The number of aryl methyl sites for hydroxylation is 1. The first-order chi connectivity index (χ1) is 10.9. The Morgan fingerprint density at radius 2 is 1.96 bits per heavy atom. The van der Waals surface area contributed by atoms with Crippen LogP contribution in [-0.4, -0.2) is 5.91 Å². The molecule has 2 N–H and O–H groups in total. The van der Waals surface area contributed by atoms with E-state index in [9.17, 15) is 4.79 Å². The largest absolute Gasteiger partial charge is 0.436 e. The highest BCUT2D eigenvalue weighted by Gasteiger charge is 2.12. The zero-order valence-corrected chi connectivity index (χ0v) is 13.7. The Morgan fingerprint density at radius 3 is 2.65 bits per heavy atom. The SMILES string of the molecule is Cc1cccc(N=c2oc3c(Cl)cc(Cl)cc3cc2C(N)=O)c1. The molecule has 0 saturated carbocycles. The molecule has 0 unspecified atom stereocenters. The summed E-state index contributed by atoms with van der Waals surface area (Å²) in [4.78, 5) is 16.1. The van der Waals surface area contributed by atoms with Gasteiger partial charge in [0.1, 0.15) is 5.56 Å². The third-order valence-electron chi connectivity index (χ3n) is 3.26. The van der Waals surface area contributed by atoms with Crippen molar-refractivity contribution >= 4 is 45.8 Å². The van der Waals surface area contributed by atoms with Crippen LogP contribution in [0.15, 0.2) is 51.9 Å². The molecule has 116 valence electrons. The molecule has 0 aliphatic carbocycles. The van der Waals surface area contributed by atoms with Crippen molar-refractivity contribution in [3.05, 3.63) is 69.2 Å². The van der Waals surface area contributed by atoms with E-state index in [1.54, 1.807) is 24.3 Å². The summed E-state index contributed by atoms with van der Waals surface area (Å²) in [6, 6.07) is 12.3. The molecule has 23 heavy (non-hydrogen) atoms. The normalized spacial score (nSPS) is 11.9. The van der Waals surface area contributed by atoms with Crippen molar-refractivity contribution in [2.24, 2.45) is 10.7 Å². The molecular formula is C17H12Cl2N2O2. The van der Waals surface area contributed by atoms with Gasteiger partial charge in [0.05, 0.1) is 10.7 Å². The minimum Gasteiger partial charge on any atom is -0.436 e. The summed E-state index contributed by atoms with van der Waals surface area (Å²) in [5.41, 5.74) is 7.80. The number of benzene rings is 2. The summed E-state index contributed by atoms with van der Waals surface area (Å²) >= 11 is 12.1. The van der Waals surface area contributed by atoms with E-state index in [1.807, 2.05) is 25.1 Å². The van der Waals surface area contributed by atoms with Crippen LogP contribution < -0.4 is 11.3 Å². The van der Waals surface area contributed by atoms with Crippen molar-refractivity contribution in [3.63, 3.8) is 0 Å². The first kappa shape index (κ1) is 15.6. The van der Waals surface area contributed by atoms with Gasteiger partial charge >= 0.3 is 0 Å². The predicted octanol–water partition coefficient (Wildman–Crippen LogP) is 4.38. The summed E-state index contributed by atoms with van der Waals surface area (Å²) in [6.45, 7) is 1.95. The highest BCUT2D eigenvalue weighted by molar-refractivity contribution is 6.38. The van der Waals surface area contributed by atoms with Crippen molar-refractivity contribution in [3.8, 4) is 0 Å². The molecule has 3 rings (SSSR count). The van der Waals surface area contributed by atoms with Gasteiger partial charge in [0.25, 0.3) is 5.91 Å². The average molecular weight is 347 g/mol. The molecular weight excluding hydrogens is 335 g/mol. The maximum Gasteiger partial charge on any atom is 0.254 e. The first-order valence-corrected chi connectivity index (χ1v) is 7.54. The van der Waals surface area contributed by atoms with Gasteiger partial charge in [-0.25, -0.2) is 4.99 Å². The quantitative estimate of drug-likeness (QED) is 0.747. The molecule has 0 fully saturated rings. The van der Waals surface area contributed by atoms with E-state index in [0.717, 1.165) is 5.56 Å². The van der Waals surface area contributed by atoms with Crippen molar-refractivity contribution < 1.29 is 9.21 Å². The third-order valence-corrected chi connectivity index (χ3v) is 3.76. The fourth-order valence-corrected chi connectivity index (χ4v) is 2.79. The van der Waals surface area contributed by atoms with E-state index in [-0.39, 0.29) is 11.1 Å². The number of halogens is 2. The Kier molecular flexibility index (Phi) is 4.11. The Labute approximate surface area is 142 Å². The lowest BCUT2D eigenvalue weighted by atomic mass is 10.1. The van der Waals surface area contributed by atoms with E-state index in [0.29, 0.717) is 26.7 Å². The second-order valence-electron chi connectivity index (χ2n) is 5.09. The van der Waals surface area contributed by atoms with Crippen molar-refractivity contribution in [2.75, 3.05) is 0 Å². The molecule has 1 aromatic heterocycles. The number of carbonyl (C=O) groups is 1. The number of rotatable bonds is 2. The minimum atomic E-state index is -0.641. The third kappa shape index (κ3) is 3.23. The van der Waals surface area contributed by atoms with E-state index in [1.165, 1.54) is 0 Å². The molecule has 0 aliphatic heterocycles. The molecule has 1 amide bonds. The highest BCUT2D eigenvalue weighted by atomic mass is 35.5. The molecule has 1 heterocycles. The van der Waals surface area contributed by atoms with Crippen LogP contribution in [0.5, 0.6) is 0 Å². The van der Waals surface area contributed by atoms with Gasteiger partial charge in [-0.05, 0) is 42.8 Å². The number of carbonyl (C=O) groups excluding carboxylic acids is 1. The smallest absolute Gasteiger partial charge is 0.254 e. The monoisotopic (exact) mass is 346 g/mol. The number of primary amides is 1. The average Bonchev–Trinajstić information content (AvgIpc) is 2.47. The maximum absolute atomic E-state index is 11.7. The van der Waals surface area contributed by atoms with Crippen LogP contribution in [0.4, 0.5) is 5.69 Å². The fourth-order valence-electron chi connectivity index (χ4n) is 2.24. The van der Waals surface area contributed by atoms with Gasteiger partial charge in [-0.2, -0.15) is 0 Å². The summed E-state index contributed by atoms with van der Waals surface area (Å²) < 4.78 is 5.73. The Balaban J connectivity index is 2.34. The summed E-state index contributed by atoms with van der Waals surface area (Å²) in [5, 5.41) is 1.36. The van der Waals surface area contributed by atoms with Crippen LogP contribution >= 0.6 is 23.2 Å². The van der Waals surface area contributed by atoms with Gasteiger partial charge in [-0.15, -0.1) is 0 Å². The molecule has 6 heteroatoms. The molecule has 0 radical (unpaired) electrons. The number of hydrogen-bond acceptors (Lipinski definition) is 3. The number of nitrogens with two attached hydrogens (primary N) is 1. The zero-order chi connectivity index (χ0) is 16.6. The van der Waals surface area contributed by atoms with Gasteiger partial charge in [0.15, 0.2) is 5.58 Å². The van der Waals surface area contributed by atoms with Crippen molar-refractivity contribution in [1.82, 2.24) is 0 Å². The van der Waals surface area contributed by atoms with Crippen molar-refractivity contribution in [1.29, 1.82) is 0 Å². The number of fused-ring (bicyclic) bond motifs is 1. The molecule has 0 atom stereocenters. The molecule has 3 aromatic rings.